The number of rotatable bonds is 6. The van der Waals surface area contributed by atoms with Gasteiger partial charge < -0.3 is 14.8 Å². The smallest absolute Gasteiger partial charge is 0.344 e. The van der Waals surface area contributed by atoms with Crippen LogP contribution in [0.5, 0.6) is 5.75 Å². The lowest BCUT2D eigenvalue weighted by Crippen LogP contribution is -2.23. The molecule has 2 aromatic rings. The Hall–Kier alpha value is -1.86. The summed E-state index contributed by atoms with van der Waals surface area (Å²) < 4.78 is 11.9. The van der Waals surface area contributed by atoms with Crippen molar-refractivity contribution >= 4 is 49.4 Å². The van der Waals surface area contributed by atoms with E-state index in [2.05, 4.69) is 37.2 Å². The maximum atomic E-state index is 11.7. The summed E-state index contributed by atoms with van der Waals surface area (Å²) in [5.41, 5.74) is 0.625. The molecule has 5 nitrogen and oxygen atoms in total. The molecule has 0 bridgehead atoms. The zero-order chi connectivity index (χ0) is 16.7. The summed E-state index contributed by atoms with van der Waals surface area (Å²) in [6.07, 6.45) is 0. The van der Waals surface area contributed by atoms with E-state index in [9.17, 15) is 9.59 Å². The lowest BCUT2D eigenvalue weighted by Gasteiger charge is -2.08. The Morgan fingerprint density at radius 3 is 2.39 bits per heavy atom. The van der Waals surface area contributed by atoms with E-state index >= 15 is 0 Å². The lowest BCUT2D eigenvalue weighted by molar-refractivity contribution is -0.149. The van der Waals surface area contributed by atoms with Gasteiger partial charge in [-0.1, -0.05) is 37.9 Å². The first-order valence-electron chi connectivity index (χ1n) is 6.62. The molecule has 2 aromatic carbocycles. The molecule has 0 aliphatic heterocycles. The fraction of sp³-hybridized carbons (Fsp3) is 0.125. The number of hydrogen-bond acceptors (Lipinski definition) is 4. The zero-order valence-electron chi connectivity index (χ0n) is 11.9. The van der Waals surface area contributed by atoms with Gasteiger partial charge in [0.15, 0.2) is 13.2 Å². The first-order valence-corrected chi connectivity index (χ1v) is 8.21. The standard InChI is InChI=1S/C16H13Br2NO4/c17-11-4-6-13(7-5-11)19-15(20)9-23-16(21)10-22-14-3-1-2-12(18)8-14/h1-8H,9-10H2,(H,19,20). The monoisotopic (exact) mass is 441 g/mol. The van der Waals surface area contributed by atoms with Crippen LogP contribution < -0.4 is 10.1 Å². The molecule has 0 fully saturated rings. The van der Waals surface area contributed by atoms with E-state index in [0.717, 1.165) is 8.95 Å². The zero-order valence-corrected chi connectivity index (χ0v) is 15.1. The largest absolute Gasteiger partial charge is 0.482 e. The van der Waals surface area contributed by atoms with Gasteiger partial charge in [-0.2, -0.15) is 0 Å². The van der Waals surface area contributed by atoms with Crippen LogP contribution in [0.1, 0.15) is 0 Å². The average Bonchev–Trinajstić information content (AvgIpc) is 2.53. The first kappa shape index (κ1) is 17.5. The van der Waals surface area contributed by atoms with Crippen LogP contribution in [0, 0.1) is 0 Å². The molecule has 7 heteroatoms. The lowest BCUT2D eigenvalue weighted by atomic mass is 10.3. The Kier molecular flexibility index (Phi) is 6.61. The van der Waals surface area contributed by atoms with Crippen LogP contribution in [0.4, 0.5) is 5.69 Å². The molecule has 1 N–H and O–H groups in total. The van der Waals surface area contributed by atoms with Gasteiger partial charge in [0.2, 0.25) is 0 Å². The quantitative estimate of drug-likeness (QED) is 0.691. The number of benzene rings is 2. The van der Waals surface area contributed by atoms with Crippen molar-refractivity contribution in [2.24, 2.45) is 0 Å². The summed E-state index contributed by atoms with van der Waals surface area (Å²) in [6.45, 7) is -0.626. The van der Waals surface area contributed by atoms with Gasteiger partial charge in [0.1, 0.15) is 5.75 Å². The van der Waals surface area contributed by atoms with Crippen LogP contribution in [0.2, 0.25) is 0 Å². The van der Waals surface area contributed by atoms with Gasteiger partial charge >= 0.3 is 5.97 Å². The molecule has 0 aliphatic rings. The SMILES string of the molecule is O=C(COC(=O)COc1cccc(Br)c1)Nc1ccc(Br)cc1. The van der Waals surface area contributed by atoms with Gasteiger partial charge in [-0.15, -0.1) is 0 Å². The van der Waals surface area contributed by atoms with Crippen molar-refractivity contribution in [2.75, 3.05) is 18.5 Å². The minimum atomic E-state index is -0.615. The second kappa shape index (κ2) is 8.69. The molecular weight excluding hydrogens is 430 g/mol. The maximum Gasteiger partial charge on any atom is 0.344 e. The van der Waals surface area contributed by atoms with Crippen molar-refractivity contribution in [3.63, 3.8) is 0 Å². The van der Waals surface area contributed by atoms with Crippen LogP contribution in [0.3, 0.4) is 0 Å². The molecule has 23 heavy (non-hydrogen) atoms. The Bertz CT molecular complexity index is 689. The number of esters is 1. The average molecular weight is 443 g/mol. The van der Waals surface area contributed by atoms with Gasteiger partial charge in [-0.3, -0.25) is 4.79 Å². The topological polar surface area (TPSA) is 64.6 Å². The summed E-state index contributed by atoms with van der Waals surface area (Å²) in [5, 5.41) is 2.62. The Morgan fingerprint density at radius 2 is 1.70 bits per heavy atom. The molecule has 2 rings (SSSR count). The molecule has 0 aromatic heterocycles. The molecule has 0 radical (unpaired) electrons. The molecule has 0 saturated carbocycles. The highest BCUT2D eigenvalue weighted by Crippen LogP contribution is 2.17. The third kappa shape index (κ3) is 6.42. The molecule has 0 spiro atoms. The van der Waals surface area contributed by atoms with Gasteiger partial charge in [-0.25, -0.2) is 4.79 Å². The fourth-order valence-electron chi connectivity index (χ4n) is 1.62. The van der Waals surface area contributed by atoms with E-state index in [4.69, 9.17) is 9.47 Å². The molecule has 0 saturated heterocycles. The van der Waals surface area contributed by atoms with Crippen LogP contribution in [-0.2, 0) is 14.3 Å². The predicted molar refractivity (Wildman–Crippen MR) is 93.4 cm³/mol. The van der Waals surface area contributed by atoms with E-state index in [1.165, 1.54) is 0 Å². The summed E-state index contributed by atoms with van der Waals surface area (Å²) in [4.78, 5) is 23.2. The Morgan fingerprint density at radius 1 is 0.957 bits per heavy atom. The van der Waals surface area contributed by atoms with Crippen molar-refractivity contribution in [3.8, 4) is 5.75 Å². The number of carbonyl (C=O) groups is 2. The van der Waals surface area contributed by atoms with Crippen LogP contribution in [0.25, 0.3) is 0 Å². The number of anilines is 1. The Balaban J connectivity index is 1.71. The van der Waals surface area contributed by atoms with Crippen molar-refractivity contribution in [3.05, 3.63) is 57.5 Å². The molecule has 1 amide bonds. The van der Waals surface area contributed by atoms with Crippen molar-refractivity contribution < 1.29 is 19.1 Å². The minimum absolute atomic E-state index is 0.262. The van der Waals surface area contributed by atoms with E-state index in [0.29, 0.717) is 11.4 Å². The van der Waals surface area contributed by atoms with Crippen molar-refractivity contribution in [1.29, 1.82) is 0 Å². The van der Waals surface area contributed by atoms with E-state index in [-0.39, 0.29) is 13.2 Å². The normalized spacial score (nSPS) is 10.0. The van der Waals surface area contributed by atoms with Crippen molar-refractivity contribution in [2.45, 2.75) is 0 Å². The molecule has 0 aliphatic carbocycles. The highest BCUT2D eigenvalue weighted by atomic mass is 79.9. The van der Waals surface area contributed by atoms with Gasteiger partial charge in [0.05, 0.1) is 0 Å². The van der Waals surface area contributed by atoms with Crippen LogP contribution in [-0.4, -0.2) is 25.1 Å². The molecule has 0 atom stereocenters. The second-order valence-electron chi connectivity index (χ2n) is 4.46. The predicted octanol–water partition coefficient (Wildman–Crippen LogP) is 3.77. The van der Waals surface area contributed by atoms with Crippen molar-refractivity contribution in [1.82, 2.24) is 0 Å². The van der Waals surface area contributed by atoms with Gasteiger partial charge in [0.25, 0.3) is 5.91 Å². The first-order chi connectivity index (χ1) is 11.0. The minimum Gasteiger partial charge on any atom is -0.482 e. The van der Waals surface area contributed by atoms with Gasteiger partial charge in [-0.05, 0) is 42.5 Å². The summed E-state index contributed by atoms with van der Waals surface area (Å²) in [5.74, 6) is -0.491. The highest BCUT2D eigenvalue weighted by molar-refractivity contribution is 9.10. The van der Waals surface area contributed by atoms with Crippen LogP contribution in [0.15, 0.2) is 57.5 Å². The second-order valence-corrected chi connectivity index (χ2v) is 6.29. The molecule has 0 unspecified atom stereocenters. The van der Waals surface area contributed by atoms with E-state index in [1.54, 1.807) is 42.5 Å². The van der Waals surface area contributed by atoms with Crippen LogP contribution >= 0.6 is 31.9 Å². The van der Waals surface area contributed by atoms with E-state index < -0.39 is 11.9 Å². The number of hydrogen-bond donors (Lipinski definition) is 1. The number of amides is 1. The fourth-order valence-corrected chi connectivity index (χ4v) is 2.26. The van der Waals surface area contributed by atoms with E-state index in [1.807, 2.05) is 6.07 Å². The summed E-state index contributed by atoms with van der Waals surface area (Å²) >= 11 is 6.61. The molecule has 120 valence electrons. The maximum absolute atomic E-state index is 11.7. The number of carbonyl (C=O) groups excluding carboxylic acids is 2. The number of ether oxygens (including phenoxy) is 2. The summed E-state index contributed by atoms with van der Waals surface area (Å²) in [7, 11) is 0. The Labute approximate surface area is 150 Å². The number of halogens is 2. The van der Waals surface area contributed by atoms with Gasteiger partial charge in [0, 0.05) is 14.6 Å². The third-order valence-electron chi connectivity index (χ3n) is 2.64. The third-order valence-corrected chi connectivity index (χ3v) is 3.67. The molecular formula is C16H13Br2NO4. The number of nitrogens with one attached hydrogen (secondary N) is 1. The highest BCUT2D eigenvalue weighted by Gasteiger charge is 2.09. The summed E-state index contributed by atoms with van der Waals surface area (Å²) in [6, 6.07) is 14.2. The molecule has 0 heterocycles.